The lowest BCUT2D eigenvalue weighted by Gasteiger charge is -2.44. The van der Waals surface area contributed by atoms with E-state index >= 15 is 0 Å². The Morgan fingerprint density at radius 2 is 1.76 bits per heavy atom. The molecule has 1 aliphatic rings. The minimum Gasteiger partial charge on any atom is -0.353 e. The highest BCUT2D eigenvalue weighted by atomic mass is 15.4. The molecule has 1 aliphatic heterocycles. The summed E-state index contributed by atoms with van der Waals surface area (Å²) in [6, 6.07) is 6.51. The monoisotopic (exact) mass is 341 g/mol. The van der Waals surface area contributed by atoms with Crippen molar-refractivity contribution in [1.82, 2.24) is 20.2 Å². The molecule has 0 radical (unpaired) electrons. The molecule has 1 saturated heterocycles. The van der Waals surface area contributed by atoms with Gasteiger partial charge in [-0.1, -0.05) is 20.8 Å². The third-order valence-electron chi connectivity index (χ3n) is 4.54. The first-order chi connectivity index (χ1) is 11.8. The van der Waals surface area contributed by atoms with Gasteiger partial charge >= 0.3 is 0 Å². The van der Waals surface area contributed by atoms with Crippen molar-refractivity contribution in [3.63, 3.8) is 0 Å². The molecule has 2 aromatic heterocycles. The zero-order valence-corrected chi connectivity index (χ0v) is 15.9. The van der Waals surface area contributed by atoms with Crippen LogP contribution in [0.4, 0.5) is 17.6 Å². The first-order valence-electron chi connectivity index (χ1n) is 8.58. The van der Waals surface area contributed by atoms with Gasteiger partial charge in [-0.2, -0.15) is 10.1 Å². The van der Waals surface area contributed by atoms with Crippen LogP contribution >= 0.6 is 0 Å². The van der Waals surface area contributed by atoms with Crippen LogP contribution in [0.25, 0.3) is 0 Å². The second-order valence-corrected chi connectivity index (χ2v) is 7.81. The maximum Gasteiger partial charge on any atom is 0.226 e. The van der Waals surface area contributed by atoms with E-state index in [4.69, 9.17) is 0 Å². The third kappa shape index (κ3) is 3.65. The largest absolute Gasteiger partial charge is 0.353 e. The van der Waals surface area contributed by atoms with Crippen molar-refractivity contribution in [1.29, 1.82) is 0 Å². The number of hydrogen-bond acceptors (Lipinski definition) is 7. The van der Waals surface area contributed by atoms with Crippen molar-refractivity contribution in [3.8, 4) is 0 Å². The van der Waals surface area contributed by atoms with Crippen LogP contribution in [0.3, 0.4) is 0 Å². The van der Waals surface area contributed by atoms with Gasteiger partial charge in [-0.25, -0.2) is 4.98 Å². The first-order valence-corrected chi connectivity index (χ1v) is 8.58. The molecule has 0 aromatic carbocycles. The lowest BCUT2D eigenvalue weighted by Crippen LogP contribution is -2.59. The van der Waals surface area contributed by atoms with Crippen molar-refractivity contribution < 1.29 is 0 Å². The second-order valence-electron chi connectivity index (χ2n) is 7.81. The predicted molar refractivity (Wildman–Crippen MR) is 101 cm³/mol. The molecule has 7 nitrogen and oxygen atoms in total. The molecule has 0 bridgehead atoms. The van der Waals surface area contributed by atoms with Crippen molar-refractivity contribution in [2.24, 2.45) is 0 Å². The van der Waals surface area contributed by atoms with Crippen LogP contribution < -0.4 is 14.7 Å². The highest BCUT2D eigenvalue weighted by molar-refractivity contribution is 5.49. The SMILES string of the molecule is CN(C)c1nccc(N(C)C2CN(c3ccc(C(C)(C)C)nn3)C2)n1. The second kappa shape index (κ2) is 6.46. The van der Waals surface area contributed by atoms with E-state index in [-0.39, 0.29) is 5.41 Å². The van der Waals surface area contributed by atoms with E-state index in [0.29, 0.717) is 6.04 Å². The minimum atomic E-state index is 0.0282. The summed E-state index contributed by atoms with van der Waals surface area (Å²) in [6.07, 6.45) is 1.81. The highest BCUT2D eigenvalue weighted by Gasteiger charge is 2.32. The molecular weight excluding hydrogens is 314 g/mol. The van der Waals surface area contributed by atoms with Crippen LogP contribution in [-0.4, -0.2) is 60.4 Å². The molecule has 0 unspecified atom stereocenters. The van der Waals surface area contributed by atoms with Gasteiger partial charge < -0.3 is 14.7 Å². The number of likely N-dealkylation sites (N-methyl/N-ethyl adjacent to an activating group) is 1. The Bertz CT molecular complexity index is 715. The molecule has 0 aliphatic carbocycles. The van der Waals surface area contributed by atoms with Crippen molar-refractivity contribution >= 4 is 17.6 Å². The fraction of sp³-hybridized carbons (Fsp3) is 0.556. The Hall–Kier alpha value is -2.44. The summed E-state index contributed by atoms with van der Waals surface area (Å²) < 4.78 is 0. The van der Waals surface area contributed by atoms with Crippen LogP contribution in [0.2, 0.25) is 0 Å². The first kappa shape index (κ1) is 17.4. The average molecular weight is 341 g/mol. The standard InChI is InChI=1S/C18H27N7/c1-18(2,3)14-7-8-16(22-21-14)25-11-13(12-25)24(6)15-9-10-19-17(20-15)23(4)5/h7-10,13H,11-12H2,1-6H3. The molecule has 2 aromatic rings. The van der Waals surface area contributed by atoms with Gasteiger partial charge in [-0.15, -0.1) is 5.10 Å². The van der Waals surface area contributed by atoms with E-state index in [0.717, 1.165) is 36.4 Å². The molecular formula is C18H27N7. The van der Waals surface area contributed by atoms with Crippen LogP contribution in [0.5, 0.6) is 0 Å². The van der Waals surface area contributed by atoms with Gasteiger partial charge in [0.05, 0.1) is 11.7 Å². The number of rotatable bonds is 4. The minimum absolute atomic E-state index is 0.0282. The predicted octanol–water partition coefficient (Wildman–Crippen LogP) is 1.96. The molecule has 0 saturated carbocycles. The average Bonchev–Trinajstić information content (AvgIpc) is 2.53. The summed E-state index contributed by atoms with van der Waals surface area (Å²) >= 11 is 0. The highest BCUT2D eigenvalue weighted by Crippen LogP contribution is 2.26. The quantitative estimate of drug-likeness (QED) is 0.842. The van der Waals surface area contributed by atoms with Gasteiger partial charge in [0.15, 0.2) is 5.82 Å². The molecule has 0 atom stereocenters. The Morgan fingerprint density at radius 1 is 1.04 bits per heavy atom. The van der Waals surface area contributed by atoms with E-state index in [9.17, 15) is 0 Å². The fourth-order valence-electron chi connectivity index (χ4n) is 2.72. The molecule has 0 N–H and O–H groups in total. The van der Waals surface area contributed by atoms with Gasteiger partial charge in [0.1, 0.15) is 5.82 Å². The molecule has 7 heteroatoms. The third-order valence-corrected chi connectivity index (χ3v) is 4.54. The summed E-state index contributed by atoms with van der Waals surface area (Å²) in [5.74, 6) is 2.61. The van der Waals surface area contributed by atoms with E-state index in [1.807, 2.05) is 25.1 Å². The Balaban J connectivity index is 1.63. The van der Waals surface area contributed by atoms with Gasteiger partial charge in [0.2, 0.25) is 5.95 Å². The molecule has 1 fully saturated rings. The number of hydrogen-bond donors (Lipinski definition) is 0. The van der Waals surface area contributed by atoms with Gasteiger partial charge in [0, 0.05) is 45.8 Å². The van der Waals surface area contributed by atoms with Crippen LogP contribution in [0, 0.1) is 0 Å². The maximum atomic E-state index is 4.61. The summed E-state index contributed by atoms with van der Waals surface area (Å²) in [4.78, 5) is 15.2. The van der Waals surface area contributed by atoms with Crippen molar-refractivity contribution in [3.05, 3.63) is 30.1 Å². The zero-order valence-electron chi connectivity index (χ0n) is 15.9. The fourth-order valence-corrected chi connectivity index (χ4v) is 2.72. The maximum absolute atomic E-state index is 4.61. The Labute approximate surface area is 149 Å². The molecule has 25 heavy (non-hydrogen) atoms. The van der Waals surface area contributed by atoms with Crippen LogP contribution in [-0.2, 0) is 5.41 Å². The number of nitrogens with zero attached hydrogens (tertiary/aromatic N) is 7. The van der Waals surface area contributed by atoms with E-state index in [1.54, 1.807) is 6.20 Å². The molecule has 3 heterocycles. The molecule has 0 amide bonds. The summed E-state index contributed by atoms with van der Waals surface area (Å²) in [5.41, 5.74) is 1.04. The van der Waals surface area contributed by atoms with Crippen molar-refractivity contribution in [2.75, 3.05) is 48.9 Å². The van der Waals surface area contributed by atoms with E-state index < -0.39 is 0 Å². The molecule has 3 rings (SSSR count). The summed E-state index contributed by atoms with van der Waals surface area (Å²) in [7, 11) is 5.98. The van der Waals surface area contributed by atoms with E-state index in [2.05, 4.69) is 69.9 Å². The lowest BCUT2D eigenvalue weighted by atomic mass is 9.92. The molecule has 134 valence electrons. The van der Waals surface area contributed by atoms with Gasteiger partial charge in [0.25, 0.3) is 0 Å². The van der Waals surface area contributed by atoms with Crippen LogP contribution in [0.15, 0.2) is 24.4 Å². The normalized spacial score (nSPS) is 15.0. The summed E-state index contributed by atoms with van der Waals surface area (Å²) in [5, 5.41) is 8.78. The number of aromatic nitrogens is 4. The topological polar surface area (TPSA) is 61.3 Å². The van der Waals surface area contributed by atoms with Crippen LogP contribution in [0.1, 0.15) is 26.5 Å². The Kier molecular flexibility index (Phi) is 4.49. The summed E-state index contributed by atoms with van der Waals surface area (Å²) in [6.45, 7) is 8.28. The Morgan fingerprint density at radius 3 is 2.32 bits per heavy atom. The van der Waals surface area contributed by atoms with E-state index in [1.165, 1.54) is 0 Å². The van der Waals surface area contributed by atoms with Gasteiger partial charge in [-0.3, -0.25) is 0 Å². The number of anilines is 3. The molecule has 0 spiro atoms. The van der Waals surface area contributed by atoms with Crippen molar-refractivity contribution in [2.45, 2.75) is 32.2 Å². The lowest BCUT2D eigenvalue weighted by molar-refractivity contribution is 0.485. The zero-order chi connectivity index (χ0) is 18.2. The smallest absolute Gasteiger partial charge is 0.226 e. The van der Waals surface area contributed by atoms with Gasteiger partial charge in [-0.05, 0) is 18.2 Å².